The Morgan fingerprint density at radius 3 is 2.38 bits per heavy atom. The molecule has 1 heterocycles. The normalized spacial score (nSPS) is 11.3. The van der Waals surface area contributed by atoms with Gasteiger partial charge in [-0.25, -0.2) is 0 Å². The zero-order valence-corrected chi connectivity index (χ0v) is 18.0. The Bertz CT molecular complexity index is 1390. The predicted molar refractivity (Wildman–Crippen MR) is 121 cm³/mol. The number of halogens is 3. The van der Waals surface area contributed by atoms with E-state index >= 15 is 0 Å². The Kier molecular flexibility index (Phi) is 6.32. The highest BCUT2D eigenvalue weighted by molar-refractivity contribution is 5.79. The summed E-state index contributed by atoms with van der Waals surface area (Å²) in [5.74, 6) is -1.89. The molecule has 4 rings (SSSR count). The maximum atomic E-state index is 13.8. The lowest BCUT2D eigenvalue weighted by Gasteiger charge is -2.14. The Morgan fingerprint density at radius 2 is 1.71 bits per heavy atom. The third kappa shape index (κ3) is 4.91. The molecule has 3 aromatic carbocycles. The third-order valence-electron chi connectivity index (χ3n) is 4.96. The number of rotatable bonds is 7. The van der Waals surface area contributed by atoms with Gasteiger partial charge in [0.1, 0.15) is 29.4 Å². The van der Waals surface area contributed by atoms with Gasteiger partial charge in [-0.15, -0.1) is 0 Å². The smallest absolute Gasteiger partial charge is 0.453 e. The summed E-state index contributed by atoms with van der Waals surface area (Å²) >= 11 is 0. The van der Waals surface area contributed by atoms with Gasteiger partial charge in [0.05, 0.1) is 12.5 Å². The molecule has 0 fully saturated rings. The number of hydrogen-bond donors (Lipinski definition) is 0. The van der Waals surface area contributed by atoms with E-state index in [1.807, 2.05) is 24.3 Å². The Morgan fingerprint density at radius 1 is 0.971 bits per heavy atom. The standard InChI is InChI=1S/C26H19F3O5/c1-3-16-7-9-17(10-8-16)15-32-19-11-12-21-22(14-19)34-25(26(27,28)29)24(23(21)30)33-20-6-4-5-18(13-20)31-2/h3-14H,1,15H2,2H3. The molecule has 0 bridgehead atoms. The van der Waals surface area contributed by atoms with Crippen molar-refractivity contribution in [3.8, 4) is 23.0 Å². The van der Waals surface area contributed by atoms with Crippen molar-refractivity contribution in [2.75, 3.05) is 7.11 Å². The van der Waals surface area contributed by atoms with Crippen LogP contribution in [0, 0.1) is 0 Å². The average Bonchev–Trinajstić information content (AvgIpc) is 2.84. The van der Waals surface area contributed by atoms with Gasteiger partial charge in [-0.05, 0) is 35.4 Å². The summed E-state index contributed by atoms with van der Waals surface area (Å²) in [5.41, 5.74) is 0.575. The van der Waals surface area contributed by atoms with E-state index in [0.29, 0.717) is 5.75 Å². The van der Waals surface area contributed by atoms with Crippen molar-refractivity contribution in [2.24, 2.45) is 0 Å². The predicted octanol–water partition coefficient (Wildman–Crippen LogP) is 6.83. The minimum absolute atomic E-state index is 0.000994. The van der Waals surface area contributed by atoms with Crippen molar-refractivity contribution < 1.29 is 31.8 Å². The van der Waals surface area contributed by atoms with E-state index in [1.54, 1.807) is 12.1 Å². The highest BCUT2D eigenvalue weighted by Crippen LogP contribution is 2.39. The SMILES string of the molecule is C=Cc1ccc(COc2ccc3c(=O)c(Oc4cccc(OC)c4)c(C(F)(F)F)oc3c2)cc1. The molecule has 1 aromatic heterocycles. The fraction of sp³-hybridized carbons (Fsp3) is 0.115. The number of ether oxygens (including phenoxy) is 3. The van der Waals surface area contributed by atoms with E-state index in [9.17, 15) is 18.0 Å². The highest BCUT2D eigenvalue weighted by Gasteiger charge is 2.40. The number of fused-ring (bicyclic) bond motifs is 1. The molecule has 0 atom stereocenters. The van der Waals surface area contributed by atoms with Crippen molar-refractivity contribution in [3.63, 3.8) is 0 Å². The van der Waals surface area contributed by atoms with Crippen LogP contribution < -0.4 is 19.6 Å². The lowest BCUT2D eigenvalue weighted by molar-refractivity contribution is -0.154. The molecule has 174 valence electrons. The first-order valence-corrected chi connectivity index (χ1v) is 10.1. The van der Waals surface area contributed by atoms with Crippen LogP contribution in [0.4, 0.5) is 13.2 Å². The largest absolute Gasteiger partial charge is 0.497 e. The first-order valence-electron chi connectivity index (χ1n) is 10.1. The fourth-order valence-corrected chi connectivity index (χ4v) is 3.22. The van der Waals surface area contributed by atoms with Gasteiger partial charge in [0, 0.05) is 12.1 Å². The van der Waals surface area contributed by atoms with Crippen LogP contribution in [-0.2, 0) is 12.8 Å². The number of methoxy groups -OCH3 is 1. The van der Waals surface area contributed by atoms with Crippen molar-refractivity contribution >= 4 is 17.0 Å². The molecule has 0 amide bonds. The molecule has 4 aromatic rings. The van der Waals surface area contributed by atoms with Crippen molar-refractivity contribution in [2.45, 2.75) is 12.8 Å². The second-order valence-corrected chi connectivity index (χ2v) is 7.26. The molecule has 0 N–H and O–H groups in total. The molecule has 0 spiro atoms. The van der Waals surface area contributed by atoms with Gasteiger partial charge in [0.25, 0.3) is 5.76 Å². The van der Waals surface area contributed by atoms with Crippen LogP contribution in [0.3, 0.4) is 0 Å². The molecule has 0 radical (unpaired) electrons. The molecule has 0 aliphatic carbocycles. The number of alkyl halides is 3. The topological polar surface area (TPSA) is 57.9 Å². The maximum Gasteiger partial charge on any atom is 0.453 e. The van der Waals surface area contributed by atoms with Crippen LogP contribution >= 0.6 is 0 Å². The van der Waals surface area contributed by atoms with E-state index in [4.69, 9.17) is 18.6 Å². The molecule has 34 heavy (non-hydrogen) atoms. The monoisotopic (exact) mass is 468 g/mol. The first-order chi connectivity index (χ1) is 16.3. The first kappa shape index (κ1) is 23.0. The Labute approximate surface area is 192 Å². The van der Waals surface area contributed by atoms with E-state index in [1.165, 1.54) is 43.5 Å². The lowest BCUT2D eigenvalue weighted by atomic mass is 10.1. The van der Waals surface area contributed by atoms with Crippen molar-refractivity contribution in [1.29, 1.82) is 0 Å². The van der Waals surface area contributed by atoms with Gasteiger partial charge < -0.3 is 18.6 Å². The molecule has 0 saturated carbocycles. The summed E-state index contributed by atoms with van der Waals surface area (Å²) in [4.78, 5) is 12.9. The fourth-order valence-electron chi connectivity index (χ4n) is 3.22. The van der Waals surface area contributed by atoms with Gasteiger partial charge >= 0.3 is 6.18 Å². The quantitative estimate of drug-likeness (QED) is 0.297. The van der Waals surface area contributed by atoms with E-state index in [-0.39, 0.29) is 29.1 Å². The van der Waals surface area contributed by atoms with Crippen LogP contribution in [0.1, 0.15) is 16.9 Å². The molecule has 5 nitrogen and oxygen atoms in total. The number of benzene rings is 3. The van der Waals surface area contributed by atoms with Crippen LogP contribution in [-0.4, -0.2) is 7.11 Å². The van der Waals surface area contributed by atoms with Gasteiger partial charge in [0.2, 0.25) is 11.2 Å². The zero-order chi connectivity index (χ0) is 24.3. The van der Waals surface area contributed by atoms with Gasteiger partial charge in [0.15, 0.2) is 0 Å². The van der Waals surface area contributed by atoms with Gasteiger partial charge in [-0.1, -0.05) is 43.0 Å². The molecular formula is C26H19F3O5. The molecule has 0 aliphatic rings. The van der Waals surface area contributed by atoms with Crippen molar-refractivity contribution in [1.82, 2.24) is 0 Å². The molecule has 8 heteroatoms. The Hall–Kier alpha value is -4.20. The summed E-state index contributed by atoms with van der Waals surface area (Å²) in [5, 5.41) is -0.0754. The van der Waals surface area contributed by atoms with Gasteiger partial charge in [-0.2, -0.15) is 13.2 Å². The number of hydrogen-bond acceptors (Lipinski definition) is 5. The summed E-state index contributed by atoms with van der Waals surface area (Å²) < 4.78 is 62.5. The maximum absolute atomic E-state index is 13.8. The molecule has 0 unspecified atom stereocenters. The molecule has 0 aliphatic heterocycles. The van der Waals surface area contributed by atoms with Crippen LogP contribution in [0.5, 0.6) is 23.0 Å². The zero-order valence-electron chi connectivity index (χ0n) is 18.0. The second-order valence-electron chi connectivity index (χ2n) is 7.26. The molecule has 0 saturated heterocycles. The van der Waals surface area contributed by atoms with Crippen LogP contribution in [0.25, 0.3) is 17.0 Å². The summed E-state index contributed by atoms with van der Waals surface area (Å²) in [6, 6.07) is 17.4. The Balaban J connectivity index is 1.69. The van der Waals surface area contributed by atoms with E-state index in [2.05, 4.69) is 6.58 Å². The van der Waals surface area contributed by atoms with E-state index < -0.39 is 23.1 Å². The second kappa shape index (κ2) is 9.35. The minimum atomic E-state index is -4.97. The van der Waals surface area contributed by atoms with Crippen molar-refractivity contribution in [3.05, 3.63) is 100 Å². The van der Waals surface area contributed by atoms with Crippen LogP contribution in [0.15, 0.2) is 82.5 Å². The van der Waals surface area contributed by atoms with E-state index in [0.717, 1.165) is 11.1 Å². The van der Waals surface area contributed by atoms with Crippen LogP contribution in [0.2, 0.25) is 0 Å². The summed E-state index contributed by atoms with van der Waals surface area (Å²) in [6.07, 6.45) is -3.26. The molecular weight excluding hydrogens is 449 g/mol. The minimum Gasteiger partial charge on any atom is -0.497 e. The van der Waals surface area contributed by atoms with Gasteiger partial charge in [-0.3, -0.25) is 4.79 Å². The summed E-state index contributed by atoms with van der Waals surface area (Å²) in [6.45, 7) is 3.87. The summed E-state index contributed by atoms with van der Waals surface area (Å²) in [7, 11) is 1.40. The lowest BCUT2D eigenvalue weighted by Crippen LogP contribution is -2.15. The highest BCUT2D eigenvalue weighted by atomic mass is 19.4. The third-order valence-corrected chi connectivity index (χ3v) is 4.96. The average molecular weight is 468 g/mol.